The fraction of sp³-hybridized carbons (Fsp3) is 0.278. The molecule has 0 fully saturated rings. The molecule has 3 rings (SSSR count). The number of rotatable bonds is 7. The Labute approximate surface area is 152 Å². The normalized spacial score (nSPS) is 13.0. The number of anilines is 1. The lowest BCUT2D eigenvalue weighted by atomic mass is 10.2. The van der Waals surface area contributed by atoms with Crippen molar-refractivity contribution in [1.29, 1.82) is 0 Å². The zero-order valence-corrected chi connectivity index (χ0v) is 15.2. The first-order valence-electron chi connectivity index (χ1n) is 8.18. The average molecular weight is 376 g/mol. The molecule has 1 aliphatic rings. The summed E-state index contributed by atoms with van der Waals surface area (Å²) in [5.41, 5.74) is 0.615. The average Bonchev–Trinajstić information content (AvgIpc) is 3.10. The van der Waals surface area contributed by atoms with Crippen molar-refractivity contribution in [2.75, 3.05) is 25.7 Å². The molecule has 0 unspecified atom stereocenters. The SMILES string of the molecule is CN(CCCC(=O)Nc1ccc2c(c1)OCO2)S(=O)(=O)c1ccccc1. The molecule has 0 bridgehead atoms. The number of hydrogen-bond donors (Lipinski definition) is 1. The summed E-state index contributed by atoms with van der Waals surface area (Å²) in [6.07, 6.45) is 0.627. The van der Waals surface area contributed by atoms with E-state index in [1.54, 1.807) is 48.5 Å². The Morgan fingerprint density at radius 3 is 2.62 bits per heavy atom. The van der Waals surface area contributed by atoms with Crippen molar-refractivity contribution < 1.29 is 22.7 Å². The van der Waals surface area contributed by atoms with Gasteiger partial charge in [0.1, 0.15) is 0 Å². The number of benzene rings is 2. The lowest BCUT2D eigenvalue weighted by molar-refractivity contribution is -0.116. The lowest BCUT2D eigenvalue weighted by Gasteiger charge is -2.17. The third kappa shape index (κ3) is 4.14. The van der Waals surface area contributed by atoms with Crippen LogP contribution in [0.5, 0.6) is 11.5 Å². The van der Waals surface area contributed by atoms with Gasteiger partial charge in [-0.3, -0.25) is 4.79 Å². The molecule has 138 valence electrons. The highest BCUT2D eigenvalue weighted by atomic mass is 32.2. The van der Waals surface area contributed by atoms with Crippen molar-refractivity contribution in [3.05, 3.63) is 48.5 Å². The number of carbonyl (C=O) groups excluding carboxylic acids is 1. The largest absolute Gasteiger partial charge is 0.454 e. The molecule has 7 nitrogen and oxygen atoms in total. The Bertz CT molecular complexity index is 884. The zero-order valence-electron chi connectivity index (χ0n) is 14.3. The van der Waals surface area contributed by atoms with Crippen LogP contribution in [0, 0.1) is 0 Å². The van der Waals surface area contributed by atoms with E-state index in [1.165, 1.54) is 11.4 Å². The van der Waals surface area contributed by atoms with Gasteiger partial charge in [-0.2, -0.15) is 0 Å². The summed E-state index contributed by atoms with van der Waals surface area (Å²) in [5.74, 6) is 1.06. The zero-order chi connectivity index (χ0) is 18.6. The molecule has 0 saturated carbocycles. The van der Waals surface area contributed by atoms with Gasteiger partial charge in [0.05, 0.1) is 4.90 Å². The molecule has 0 radical (unpaired) electrons. The minimum absolute atomic E-state index is 0.176. The first kappa shape index (κ1) is 18.2. The highest BCUT2D eigenvalue weighted by Crippen LogP contribution is 2.34. The van der Waals surface area contributed by atoms with Crippen molar-refractivity contribution in [2.24, 2.45) is 0 Å². The number of hydrogen-bond acceptors (Lipinski definition) is 5. The van der Waals surface area contributed by atoms with Crippen molar-refractivity contribution in [2.45, 2.75) is 17.7 Å². The molecular formula is C18H20N2O5S. The lowest BCUT2D eigenvalue weighted by Crippen LogP contribution is -2.28. The van der Waals surface area contributed by atoms with Crippen molar-refractivity contribution >= 4 is 21.6 Å². The predicted molar refractivity (Wildman–Crippen MR) is 96.7 cm³/mol. The molecule has 1 aliphatic heterocycles. The summed E-state index contributed by atoms with van der Waals surface area (Å²) < 4.78 is 36.6. The van der Waals surface area contributed by atoms with Crippen molar-refractivity contribution in [3.63, 3.8) is 0 Å². The van der Waals surface area contributed by atoms with Crippen LogP contribution in [0.3, 0.4) is 0 Å². The van der Waals surface area contributed by atoms with Gasteiger partial charge in [-0.1, -0.05) is 18.2 Å². The fourth-order valence-corrected chi connectivity index (χ4v) is 3.78. The number of sulfonamides is 1. The second-order valence-corrected chi connectivity index (χ2v) is 7.90. The summed E-state index contributed by atoms with van der Waals surface area (Å²) in [7, 11) is -2.02. The monoisotopic (exact) mass is 376 g/mol. The number of nitrogens with zero attached hydrogens (tertiary/aromatic N) is 1. The topological polar surface area (TPSA) is 84.9 Å². The third-order valence-electron chi connectivity index (χ3n) is 3.98. The first-order valence-corrected chi connectivity index (χ1v) is 9.62. The van der Waals surface area contributed by atoms with Gasteiger partial charge in [-0.25, -0.2) is 12.7 Å². The highest BCUT2D eigenvalue weighted by molar-refractivity contribution is 7.89. The van der Waals surface area contributed by atoms with Gasteiger partial charge >= 0.3 is 0 Å². The van der Waals surface area contributed by atoms with Crippen LogP contribution in [0.25, 0.3) is 0 Å². The van der Waals surface area contributed by atoms with Crippen LogP contribution in [-0.2, 0) is 14.8 Å². The van der Waals surface area contributed by atoms with Gasteiger partial charge in [0.2, 0.25) is 22.7 Å². The second-order valence-electron chi connectivity index (χ2n) is 5.86. The number of ether oxygens (including phenoxy) is 2. The van der Waals surface area contributed by atoms with Crippen LogP contribution in [0.4, 0.5) is 5.69 Å². The molecule has 1 heterocycles. The van der Waals surface area contributed by atoms with E-state index in [1.807, 2.05) is 0 Å². The van der Waals surface area contributed by atoms with Gasteiger partial charge in [0.25, 0.3) is 0 Å². The van der Waals surface area contributed by atoms with Gasteiger partial charge < -0.3 is 14.8 Å². The Balaban J connectivity index is 1.49. The standard InChI is InChI=1S/C18H20N2O5S/c1-20(26(22,23)15-6-3-2-4-7-15)11-5-8-18(21)19-14-9-10-16-17(12-14)25-13-24-16/h2-4,6-7,9-10,12H,5,8,11,13H2,1H3,(H,19,21). The summed E-state index contributed by atoms with van der Waals surface area (Å²) in [6.45, 7) is 0.431. The molecule has 8 heteroatoms. The Morgan fingerprint density at radius 1 is 1.12 bits per heavy atom. The van der Waals surface area contributed by atoms with E-state index in [2.05, 4.69) is 5.32 Å². The summed E-state index contributed by atoms with van der Waals surface area (Å²) in [6, 6.07) is 13.4. The number of amides is 1. The maximum Gasteiger partial charge on any atom is 0.242 e. The number of carbonyl (C=O) groups is 1. The smallest absolute Gasteiger partial charge is 0.242 e. The predicted octanol–water partition coefficient (Wildman–Crippen LogP) is 2.45. The van der Waals surface area contributed by atoms with Crippen LogP contribution in [0.2, 0.25) is 0 Å². The molecule has 0 aliphatic carbocycles. The summed E-state index contributed by atoms with van der Waals surface area (Å²) in [5, 5.41) is 2.77. The Hall–Kier alpha value is -2.58. The van der Waals surface area contributed by atoms with Gasteiger partial charge in [-0.05, 0) is 30.7 Å². The maximum absolute atomic E-state index is 12.4. The molecule has 0 saturated heterocycles. The van der Waals surface area contributed by atoms with Crippen LogP contribution >= 0.6 is 0 Å². The molecule has 2 aromatic rings. The molecule has 1 N–H and O–H groups in total. The van der Waals surface area contributed by atoms with Gasteiger partial charge in [-0.15, -0.1) is 0 Å². The third-order valence-corrected chi connectivity index (χ3v) is 5.86. The number of nitrogens with one attached hydrogen (secondary N) is 1. The first-order chi connectivity index (χ1) is 12.5. The molecule has 1 amide bonds. The fourth-order valence-electron chi connectivity index (χ4n) is 2.55. The minimum atomic E-state index is -3.53. The van der Waals surface area contributed by atoms with E-state index in [4.69, 9.17) is 9.47 Å². The molecule has 0 atom stereocenters. The van der Waals surface area contributed by atoms with Crippen molar-refractivity contribution in [3.8, 4) is 11.5 Å². The summed E-state index contributed by atoms with van der Waals surface area (Å²) >= 11 is 0. The molecule has 0 spiro atoms. The van der Waals surface area contributed by atoms with Crippen LogP contribution in [0.15, 0.2) is 53.4 Å². The van der Waals surface area contributed by atoms with Crippen LogP contribution in [0.1, 0.15) is 12.8 Å². The van der Waals surface area contributed by atoms with E-state index in [-0.39, 0.29) is 30.6 Å². The van der Waals surface area contributed by atoms with Gasteiger partial charge in [0, 0.05) is 31.8 Å². The maximum atomic E-state index is 12.4. The minimum Gasteiger partial charge on any atom is -0.454 e. The van der Waals surface area contributed by atoms with Gasteiger partial charge in [0.15, 0.2) is 11.5 Å². The number of fused-ring (bicyclic) bond motifs is 1. The Kier molecular flexibility index (Phi) is 5.43. The van der Waals surface area contributed by atoms with E-state index in [9.17, 15) is 13.2 Å². The van der Waals surface area contributed by atoms with Crippen molar-refractivity contribution in [1.82, 2.24) is 4.31 Å². The Morgan fingerprint density at radius 2 is 1.85 bits per heavy atom. The molecule has 0 aromatic heterocycles. The van der Waals surface area contributed by atoms with Crippen LogP contribution < -0.4 is 14.8 Å². The molecule has 26 heavy (non-hydrogen) atoms. The van der Waals surface area contributed by atoms with E-state index >= 15 is 0 Å². The van der Waals surface area contributed by atoms with Crippen LogP contribution in [-0.4, -0.2) is 39.0 Å². The van der Waals surface area contributed by atoms with E-state index < -0.39 is 10.0 Å². The molecule has 2 aromatic carbocycles. The van der Waals surface area contributed by atoms with E-state index in [0.717, 1.165) is 0 Å². The summed E-state index contributed by atoms with van der Waals surface area (Å²) in [4.78, 5) is 12.3. The second kappa shape index (κ2) is 7.76. The quantitative estimate of drug-likeness (QED) is 0.802. The highest BCUT2D eigenvalue weighted by Gasteiger charge is 2.20. The molecular weight excluding hydrogens is 356 g/mol. The van der Waals surface area contributed by atoms with E-state index in [0.29, 0.717) is 23.6 Å².